The summed E-state index contributed by atoms with van der Waals surface area (Å²) in [7, 11) is -4.04. The molecule has 1 aliphatic rings. The minimum atomic E-state index is -4.04. The van der Waals surface area contributed by atoms with Crippen molar-refractivity contribution < 1.29 is 23.9 Å². The van der Waals surface area contributed by atoms with E-state index in [0.29, 0.717) is 6.54 Å². The number of cyclic esters (lactones) is 1. The Kier molecular flexibility index (Phi) is 2.85. The fraction of sp³-hybridized carbons (Fsp3) is 0.800. The van der Waals surface area contributed by atoms with Gasteiger partial charge < -0.3 is 14.5 Å². The first-order valence-electron chi connectivity index (χ1n) is 3.40. The van der Waals surface area contributed by atoms with Gasteiger partial charge in [-0.25, -0.2) is 0 Å². The van der Waals surface area contributed by atoms with E-state index in [1.165, 1.54) is 4.90 Å². The van der Waals surface area contributed by atoms with Gasteiger partial charge in [-0.15, -0.1) is 0 Å². The predicted molar refractivity (Wildman–Crippen MR) is 39.4 cm³/mol. The maximum Gasteiger partial charge on any atom is 0.339 e. The topological polar surface area (TPSA) is 87.1 Å². The summed E-state index contributed by atoms with van der Waals surface area (Å²) in [5.41, 5.74) is 0. The molecule has 1 heterocycles. The predicted octanol–water partition coefficient (Wildman–Crippen LogP) is -1.02. The molecule has 0 aromatic carbocycles. The first-order valence-corrected chi connectivity index (χ1v) is 5.20. The largest absolute Gasteiger partial charge is 0.463 e. The standard InChI is InChI=1S/C5H10NO5P/c7-5-3-6(1-2-11-5)4-12(8,9)10/h1-4H2,(H2,8,9,10). The van der Waals surface area contributed by atoms with Gasteiger partial charge in [0.15, 0.2) is 0 Å². The van der Waals surface area contributed by atoms with Crippen molar-refractivity contribution in [2.24, 2.45) is 0 Å². The van der Waals surface area contributed by atoms with Crippen molar-refractivity contribution in [1.29, 1.82) is 0 Å². The summed E-state index contributed by atoms with van der Waals surface area (Å²) >= 11 is 0. The van der Waals surface area contributed by atoms with E-state index in [1.807, 2.05) is 0 Å². The Labute approximate surface area is 69.3 Å². The molecule has 0 aromatic rings. The van der Waals surface area contributed by atoms with Crippen molar-refractivity contribution in [2.45, 2.75) is 0 Å². The van der Waals surface area contributed by atoms with Gasteiger partial charge in [0.2, 0.25) is 0 Å². The SMILES string of the molecule is O=C1CN(CP(=O)(O)O)CCO1. The molecular formula is C5H10NO5P. The smallest absolute Gasteiger partial charge is 0.339 e. The normalized spacial score (nSPS) is 20.7. The molecule has 0 aliphatic carbocycles. The maximum atomic E-state index is 10.6. The monoisotopic (exact) mass is 195 g/mol. The second-order valence-electron chi connectivity index (χ2n) is 2.58. The molecule has 7 heteroatoms. The van der Waals surface area contributed by atoms with Crippen LogP contribution in [0.1, 0.15) is 0 Å². The van der Waals surface area contributed by atoms with Crippen LogP contribution >= 0.6 is 7.60 Å². The third-order valence-corrected chi connectivity index (χ3v) is 2.18. The Morgan fingerprint density at radius 3 is 2.75 bits per heavy atom. The number of nitrogens with zero attached hydrogens (tertiary/aromatic N) is 1. The zero-order valence-electron chi connectivity index (χ0n) is 6.34. The second-order valence-corrected chi connectivity index (χ2v) is 4.19. The molecule has 1 rings (SSSR count). The van der Waals surface area contributed by atoms with Gasteiger partial charge in [-0.05, 0) is 0 Å². The van der Waals surface area contributed by atoms with Crippen LogP contribution in [-0.2, 0) is 14.1 Å². The van der Waals surface area contributed by atoms with Crippen molar-refractivity contribution in [3.8, 4) is 0 Å². The Morgan fingerprint density at radius 1 is 1.58 bits per heavy atom. The molecule has 0 spiro atoms. The molecule has 0 atom stereocenters. The lowest BCUT2D eigenvalue weighted by atomic mass is 10.5. The molecule has 0 unspecified atom stereocenters. The van der Waals surface area contributed by atoms with E-state index in [4.69, 9.17) is 9.79 Å². The van der Waals surface area contributed by atoms with Crippen LogP contribution in [0.3, 0.4) is 0 Å². The zero-order chi connectivity index (χ0) is 9.19. The van der Waals surface area contributed by atoms with Gasteiger partial charge >= 0.3 is 13.6 Å². The highest BCUT2D eigenvalue weighted by Crippen LogP contribution is 2.35. The fourth-order valence-corrected chi connectivity index (χ4v) is 1.74. The number of ether oxygens (including phenoxy) is 1. The molecule has 0 bridgehead atoms. The first-order chi connectivity index (χ1) is 5.47. The zero-order valence-corrected chi connectivity index (χ0v) is 7.24. The number of carbonyl (C=O) groups is 1. The van der Waals surface area contributed by atoms with E-state index < -0.39 is 13.6 Å². The molecule has 1 aliphatic heterocycles. The first kappa shape index (κ1) is 9.67. The highest BCUT2D eigenvalue weighted by Gasteiger charge is 2.24. The van der Waals surface area contributed by atoms with Crippen LogP contribution in [0, 0.1) is 0 Å². The van der Waals surface area contributed by atoms with E-state index in [0.717, 1.165) is 0 Å². The lowest BCUT2D eigenvalue weighted by molar-refractivity contribution is -0.149. The van der Waals surface area contributed by atoms with Gasteiger partial charge in [-0.3, -0.25) is 14.3 Å². The second kappa shape index (κ2) is 3.53. The molecule has 0 aromatic heterocycles. The van der Waals surface area contributed by atoms with Crippen LogP contribution in [-0.4, -0.2) is 46.6 Å². The molecule has 1 saturated heterocycles. The van der Waals surface area contributed by atoms with Crippen molar-refractivity contribution >= 4 is 13.6 Å². The van der Waals surface area contributed by atoms with Crippen molar-refractivity contribution in [2.75, 3.05) is 26.0 Å². The number of rotatable bonds is 2. The highest BCUT2D eigenvalue weighted by molar-refractivity contribution is 7.51. The summed E-state index contributed by atoms with van der Waals surface area (Å²) in [5, 5.41) is 0. The quantitative estimate of drug-likeness (QED) is 0.433. The molecule has 6 nitrogen and oxygen atoms in total. The molecule has 12 heavy (non-hydrogen) atoms. The van der Waals surface area contributed by atoms with E-state index >= 15 is 0 Å². The number of hydrogen-bond donors (Lipinski definition) is 2. The summed E-state index contributed by atoms with van der Waals surface area (Å²) in [5.74, 6) is -0.435. The summed E-state index contributed by atoms with van der Waals surface area (Å²) in [6, 6.07) is 0. The van der Waals surface area contributed by atoms with Gasteiger partial charge in [0.1, 0.15) is 12.9 Å². The minimum absolute atomic E-state index is 0.0366. The van der Waals surface area contributed by atoms with E-state index in [9.17, 15) is 9.36 Å². The average molecular weight is 195 g/mol. The van der Waals surface area contributed by atoms with Gasteiger partial charge in [0.05, 0.1) is 6.54 Å². The van der Waals surface area contributed by atoms with Crippen molar-refractivity contribution in [3.63, 3.8) is 0 Å². The molecule has 1 fully saturated rings. The molecule has 0 radical (unpaired) electrons. The Balaban J connectivity index is 2.42. The lowest BCUT2D eigenvalue weighted by Gasteiger charge is -2.25. The third-order valence-electron chi connectivity index (χ3n) is 1.41. The molecular weight excluding hydrogens is 185 g/mol. The van der Waals surface area contributed by atoms with Gasteiger partial charge in [-0.2, -0.15) is 0 Å². The van der Waals surface area contributed by atoms with E-state index in [-0.39, 0.29) is 19.4 Å². The number of carbonyl (C=O) groups excluding carboxylic acids is 1. The van der Waals surface area contributed by atoms with Crippen LogP contribution in [0.5, 0.6) is 0 Å². The van der Waals surface area contributed by atoms with Crippen LogP contribution < -0.4 is 0 Å². The van der Waals surface area contributed by atoms with Crippen LogP contribution in [0.25, 0.3) is 0 Å². The highest BCUT2D eigenvalue weighted by atomic mass is 31.2. The molecule has 70 valence electrons. The molecule has 0 amide bonds. The van der Waals surface area contributed by atoms with Crippen molar-refractivity contribution in [1.82, 2.24) is 4.90 Å². The summed E-state index contributed by atoms with van der Waals surface area (Å²) < 4.78 is 15.1. The number of esters is 1. The maximum absolute atomic E-state index is 10.6. The number of hydrogen-bond acceptors (Lipinski definition) is 4. The Bertz CT molecular complexity index is 224. The summed E-state index contributed by atoms with van der Waals surface area (Å²) in [4.78, 5) is 29.2. The van der Waals surface area contributed by atoms with E-state index in [1.54, 1.807) is 0 Å². The lowest BCUT2D eigenvalue weighted by Crippen LogP contribution is -2.39. The Hall–Kier alpha value is -0.420. The van der Waals surface area contributed by atoms with Crippen LogP contribution in [0.15, 0.2) is 0 Å². The minimum Gasteiger partial charge on any atom is -0.463 e. The van der Waals surface area contributed by atoms with Crippen LogP contribution in [0.4, 0.5) is 0 Å². The molecule has 0 saturated carbocycles. The van der Waals surface area contributed by atoms with Gasteiger partial charge in [-0.1, -0.05) is 0 Å². The average Bonchev–Trinajstić information content (AvgIpc) is 1.82. The van der Waals surface area contributed by atoms with Gasteiger partial charge in [0.25, 0.3) is 0 Å². The third kappa shape index (κ3) is 3.32. The van der Waals surface area contributed by atoms with E-state index in [2.05, 4.69) is 4.74 Å². The van der Waals surface area contributed by atoms with Crippen molar-refractivity contribution in [3.05, 3.63) is 0 Å². The number of morpholine rings is 1. The van der Waals surface area contributed by atoms with Crippen LogP contribution in [0.2, 0.25) is 0 Å². The van der Waals surface area contributed by atoms with Gasteiger partial charge in [0, 0.05) is 6.54 Å². The summed E-state index contributed by atoms with van der Waals surface area (Å²) in [6.45, 7) is 0.556. The fourth-order valence-electron chi connectivity index (χ4n) is 0.977. The Morgan fingerprint density at radius 2 is 2.25 bits per heavy atom. The molecule has 2 N–H and O–H groups in total. The summed E-state index contributed by atoms with van der Waals surface area (Å²) in [6.07, 6.45) is -0.373.